The highest BCUT2D eigenvalue weighted by Gasteiger charge is 2.24. The molecule has 3 aromatic rings. The van der Waals surface area contributed by atoms with Gasteiger partial charge in [-0.3, -0.25) is 10.1 Å². The van der Waals surface area contributed by atoms with Crippen LogP contribution in [0, 0.1) is 24.0 Å². The van der Waals surface area contributed by atoms with E-state index in [0.29, 0.717) is 22.8 Å². The Hall–Kier alpha value is -3.69. The van der Waals surface area contributed by atoms with E-state index in [-0.39, 0.29) is 29.6 Å². The highest BCUT2D eigenvalue weighted by Crippen LogP contribution is 2.32. The average Bonchev–Trinajstić information content (AvgIpc) is 3.47. The van der Waals surface area contributed by atoms with Crippen molar-refractivity contribution in [2.24, 2.45) is 0 Å². The lowest BCUT2D eigenvalue weighted by atomic mass is 10.1. The van der Waals surface area contributed by atoms with Gasteiger partial charge in [0.15, 0.2) is 6.61 Å². The summed E-state index contributed by atoms with van der Waals surface area (Å²) in [6.45, 7) is 4.87. The summed E-state index contributed by atoms with van der Waals surface area (Å²) < 4.78 is 16.2. The van der Waals surface area contributed by atoms with Crippen molar-refractivity contribution in [3.63, 3.8) is 0 Å². The van der Waals surface area contributed by atoms with Gasteiger partial charge in [0.25, 0.3) is 17.5 Å². The molecule has 0 saturated carbocycles. The van der Waals surface area contributed by atoms with Crippen LogP contribution >= 0.6 is 0 Å². The molecule has 0 bridgehead atoms. The molecule has 0 aliphatic carbocycles. The van der Waals surface area contributed by atoms with Crippen molar-refractivity contribution in [3.05, 3.63) is 57.4 Å². The van der Waals surface area contributed by atoms with Gasteiger partial charge >= 0.3 is 5.97 Å². The number of hydrogen-bond donors (Lipinski definition) is 0. The minimum atomic E-state index is -0.707. The van der Waals surface area contributed by atoms with Crippen LogP contribution in [0.2, 0.25) is 0 Å². The van der Waals surface area contributed by atoms with Gasteiger partial charge in [0.1, 0.15) is 17.2 Å². The first-order valence-corrected chi connectivity index (χ1v) is 9.52. The van der Waals surface area contributed by atoms with Crippen LogP contribution in [-0.4, -0.2) is 34.2 Å². The lowest BCUT2D eigenvalue weighted by Gasteiger charge is -2.17. The molecule has 1 saturated heterocycles. The third-order valence-corrected chi connectivity index (χ3v) is 4.92. The van der Waals surface area contributed by atoms with Gasteiger partial charge in [-0.05, 0) is 44.9 Å². The van der Waals surface area contributed by atoms with E-state index in [0.717, 1.165) is 25.9 Å². The predicted molar refractivity (Wildman–Crippen MR) is 105 cm³/mol. The average molecular weight is 412 g/mol. The summed E-state index contributed by atoms with van der Waals surface area (Å²) >= 11 is 0. The number of nitrogens with zero attached hydrogens (tertiary/aromatic N) is 4. The van der Waals surface area contributed by atoms with Gasteiger partial charge in [0, 0.05) is 19.2 Å². The number of nitro benzene ring substituents is 1. The van der Waals surface area contributed by atoms with E-state index in [4.69, 9.17) is 13.6 Å². The van der Waals surface area contributed by atoms with E-state index in [2.05, 4.69) is 10.2 Å². The van der Waals surface area contributed by atoms with E-state index in [1.165, 1.54) is 12.1 Å². The van der Waals surface area contributed by atoms with Crippen LogP contribution < -0.4 is 4.90 Å². The summed E-state index contributed by atoms with van der Waals surface area (Å²) in [5, 5.41) is 19.3. The summed E-state index contributed by atoms with van der Waals surface area (Å²) in [5.41, 5.74) is 1.16. The summed E-state index contributed by atoms with van der Waals surface area (Å²) in [7, 11) is 0. The number of hydrogen-bond acceptors (Lipinski definition) is 9. The Morgan fingerprint density at radius 2 is 1.97 bits per heavy atom. The van der Waals surface area contributed by atoms with Crippen LogP contribution in [0.5, 0.6) is 0 Å². The van der Waals surface area contributed by atoms with Gasteiger partial charge in [-0.2, -0.15) is 0 Å². The molecular weight excluding hydrogens is 392 g/mol. The molecule has 1 fully saturated rings. The Morgan fingerprint density at radius 1 is 1.20 bits per heavy atom. The Balaban J connectivity index is 1.46. The van der Waals surface area contributed by atoms with Crippen LogP contribution in [0.25, 0.3) is 11.5 Å². The van der Waals surface area contributed by atoms with Crippen molar-refractivity contribution in [1.82, 2.24) is 10.2 Å². The Kier molecular flexibility index (Phi) is 5.21. The summed E-state index contributed by atoms with van der Waals surface area (Å²) in [4.78, 5) is 25.4. The maximum Gasteiger partial charge on any atom is 0.338 e. The fourth-order valence-electron chi connectivity index (χ4n) is 3.50. The molecule has 156 valence electrons. The minimum Gasteiger partial charge on any atom is -0.466 e. The van der Waals surface area contributed by atoms with Crippen molar-refractivity contribution in [2.75, 3.05) is 18.0 Å². The van der Waals surface area contributed by atoms with Crippen molar-refractivity contribution in [3.8, 4) is 11.5 Å². The van der Waals surface area contributed by atoms with Crippen LogP contribution in [0.1, 0.15) is 40.6 Å². The zero-order chi connectivity index (χ0) is 21.3. The van der Waals surface area contributed by atoms with E-state index in [9.17, 15) is 14.9 Å². The number of aryl methyl sites for hydroxylation is 2. The number of carbonyl (C=O) groups excluding carboxylic acids is 1. The number of esters is 1. The second-order valence-electron chi connectivity index (χ2n) is 7.06. The molecule has 0 atom stereocenters. The summed E-state index contributed by atoms with van der Waals surface area (Å²) in [5.74, 6) is 1.03. The molecular formula is C20H20N4O6. The van der Waals surface area contributed by atoms with Crippen LogP contribution in [0.3, 0.4) is 0 Å². The summed E-state index contributed by atoms with van der Waals surface area (Å²) in [6.07, 6.45) is 1.98. The second kappa shape index (κ2) is 7.97. The monoisotopic (exact) mass is 412 g/mol. The van der Waals surface area contributed by atoms with Crippen molar-refractivity contribution >= 4 is 17.3 Å². The first-order chi connectivity index (χ1) is 14.4. The smallest absolute Gasteiger partial charge is 0.338 e. The molecule has 1 aromatic carbocycles. The zero-order valence-corrected chi connectivity index (χ0v) is 16.6. The number of rotatable bonds is 6. The van der Waals surface area contributed by atoms with Crippen molar-refractivity contribution < 1.29 is 23.3 Å². The Labute approximate surface area is 171 Å². The maximum absolute atomic E-state index is 12.4. The molecule has 0 unspecified atom stereocenters. The maximum atomic E-state index is 12.4. The molecule has 4 rings (SSSR count). The van der Waals surface area contributed by atoms with Gasteiger partial charge in [0.05, 0.1) is 16.1 Å². The fraction of sp³-hybridized carbons (Fsp3) is 0.350. The van der Waals surface area contributed by atoms with Crippen LogP contribution in [-0.2, 0) is 11.3 Å². The molecule has 0 amide bonds. The highest BCUT2D eigenvalue weighted by molar-refractivity contribution is 5.91. The van der Waals surface area contributed by atoms with E-state index in [1.54, 1.807) is 19.1 Å². The highest BCUT2D eigenvalue weighted by atomic mass is 16.6. The van der Waals surface area contributed by atoms with E-state index in [1.807, 2.05) is 11.8 Å². The van der Waals surface area contributed by atoms with Crippen LogP contribution in [0.4, 0.5) is 11.4 Å². The second-order valence-corrected chi connectivity index (χ2v) is 7.06. The molecule has 30 heavy (non-hydrogen) atoms. The topological polar surface area (TPSA) is 125 Å². The van der Waals surface area contributed by atoms with E-state index >= 15 is 0 Å². The molecule has 0 radical (unpaired) electrons. The first-order valence-electron chi connectivity index (χ1n) is 9.52. The number of nitro groups is 1. The molecule has 10 nitrogen and oxygen atoms in total. The minimum absolute atomic E-state index is 0.0886. The quantitative estimate of drug-likeness (QED) is 0.337. The van der Waals surface area contributed by atoms with E-state index < -0.39 is 10.9 Å². The van der Waals surface area contributed by atoms with Crippen molar-refractivity contribution in [2.45, 2.75) is 33.3 Å². The lowest BCUT2D eigenvalue weighted by Crippen LogP contribution is -2.19. The molecule has 1 aliphatic rings. The number of benzene rings is 1. The zero-order valence-electron chi connectivity index (χ0n) is 16.6. The molecule has 3 heterocycles. The normalized spacial score (nSPS) is 13.6. The molecule has 10 heteroatoms. The number of anilines is 1. The van der Waals surface area contributed by atoms with Gasteiger partial charge in [-0.15, -0.1) is 10.2 Å². The fourth-order valence-corrected chi connectivity index (χ4v) is 3.50. The number of furan rings is 1. The van der Waals surface area contributed by atoms with Gasteiger partial charge in [-0.1, -0.05) is 0 Å². The van der Waals surface area contributed by atoms with Gasteiger partial charge < -0.3 is 18.5 Å². The van der Waals surface area contributed by atoms with Crippen molar-refractivity contribution in [1.29, 1.82) is 0 Å². The first kappa shape index (κ1) is 19.6. The molecule has 0 N–H and O–H groups in total. The molecule has 0 spiro atoms. The third-order valence-electron chi connectivity index (χ3n) is 4.92. The Morgan fingerprint density at radius 3 is 2.63 bits per heavy atom. The van der Waals surface area contributed by atoms with Gasteiger partial charge in [-0.25, -0.2) is 4.79 Å². The largest absolute Gasteiger partial charge is 0.466 e. The van der Waals surface area contributed by atoms with Crippen LogP contribution in [0.15, 0.2) is 33.1 Å². The third kappa shape index (κ3) is 3.88. The molecule has 2 aromatic heterocycles. The standard InChI is InChI=1S/C20H20N4O6/c1-12-9-15(13(2)29-12)19-22-21-18(30-19)11-28-20(25)14-5-6-16(17(10-14)24(26)27)23-7-3-4-8-23/h5-6,9-10H,3-4,7-8,11H2,1-2H3. The Bertz CT molecular complexity index is 1100. The molecule has 1 aliphatic heterocycles. The predicted octanol–water partition coefficient (Wildman–Crippen LogP) is 3.81. The lowest BCUT2D eigenvalue weighted by molar-refractivity contribution is -0.384. The SMILES string of the molecule is Cc1cc(-c2nnc(COC(=O)c3ccc(N4CCCC4)c([N+](=O)[O-])c3)o2)c(C)o1. The van der Waals surface area contributed by atoms with Gasteiger partial charge in [0.2, 0.25) is 0 Å². The summed E-state index contributed by atoms with van der Waals surface area (Å²) in [6, 6.07) is 6.14. The number of ether oxygens (including phenoxy) is 1. The number of carbonyl (C=O) groups is 1. The number of aromatic nitrogens is 2.